The fourth-order valence-corrected chi connectivity index (χ4v) is 3.82. The molecule has 3 rings (SSSR count). The van der Waals surface area contributed by atoms with Crippen LogP contribution in [-0.2, 0) is 14.4 Å². The van der Waals surface area contributed by atoms with Gasteiger partial charge in [0.05, 0.1) is 19.1 Å². The zero-order valence-electron chi connectivity index (χ0n) is 12.8. The van der Waals surface area contributed by atoms with Crippen molar-refractivity contribution < 1.29 is 14.4 Å². The average molecular weight is 294 g/mol. The molecule has 0 unspecified atom stereocenters. The van der Waals surface area contributed by atoms with Crippen molar-refractivity contribution in [3.05, 3.63) is 0 Å². The smallest absolute Gasteiger partial charge is 0.251 e. The second kappa shape index (κ2) is 6.77. The number of carbonyl (C=O) groups is 2. The number of carbonyl (C=O) groups excluding carboxylic acids is 2. The lowest BCUT2D eigenvalue weighted by molar-refractivity contribution is -0.176. The maximum absolute atomic E-state index is 12.5. The molecule has 0 radical (unpaired) electrons. The van der Waals surface area contributed by atoms with Gasteiger partial charge in [-0.25, -0.2) is 5.06 Å². The largest absolute Gasteiger partial charge is 0.339 e. The molecule has 0 spiro atoms. The summed E-state index contributed by atoms with van der Waals surface area (Å²) >= 11 is 0. The van der Waals surface area contributed by atoms with E-state index in [4.69, 9.17) is 4.84 Å². The number of hydroxylamine groups is 2. The predicted molar refractivity (Wildman–Crippen MR) is 78.2 cm³/mol. The maximum atomic E-state index is 12.5. The number of likely N-dealkylation sites (tertiary alicyclic amines) is 1. The highest BCUT2D eigenvalue weighted by atomic mass is 16.7. The predicted octanol–water partition coefficient (Wildman–Crippen LogP) is 2.11. The van der Waals surface area contributed by atoms with E-state index in [0.29, 0.717) is 38.6 Å². The topological polar surface area (TPSA) is 49.9 Å². The number of nitrogens with zero attached hydrogens (tertiary/aromatic N) is 2. The number of rotatable bonds is 2. The molecule has 1 atom stereocenters. The van der Waals surface area contributed by atoms with Gasteiger partial charge >= 0.3 is 0 Å². The SMILES string of the molecule is O=C([C@@H]1CCC(=O)N(C2CCCCCC2)C1)N1CCCO1. The summed E-state index contributed by atoms with van der Waals surface area (Å²) in [6.45, 7) is 1.94. The third-order valence-corrected chi connectivity index (χ3v) is 5.06. The summed E-state index contributed by atoms with van der Waals surface area (Å²) in [6.07, 6.45) is 9.31. The third kappa shape index (κ3) is 3.39. The zero-order valence-corrected chi connectivity index (χ0v) is 12.8. The molecule has 2 heterocycles. The van der Waals surface area contributed by atoms with Gasteiger partial charge in [-0.15, -0.1) is 0 Å². The van der Waals surface area contributed by atoms with Gasteiger partial charge in [0.15, 0.2) is 0 Å². The Hall–Kier alpha value is -1.10. The minimum absolute atomic E-state index is 0.0657. The second-order valence-corrected chi connectivity index (χ2v) is 6.55. The molecule has 21 heavy (non-hydrogen) atoms. The molecule has 118 valence electrons. The highest BCUT2D eigenvalue weighted by molar-refractivity contribution is 5.83. The normalized spacial score (nSPS) is 28.8. The van der Waals surface area contributed by atoms with Crippen LogP contribution in [0.1, 0.15) is 57.8 Å². The van der Waals surface area contributed by atoms with E-state index in [2.05, 4.69) is 0 Å². The van der Waals surface area contributed by atoms with Gasteiger partial charge in [0.2, 0.25) is 5.91 Å². The van der Waals surface area contributed by atoms with E-state index in [1.807, 2.05) is 4.90 Å². The quantitative estimate of drug-likeness (QED) is 0.733. The summed E-state index contributed by atoms with van der Waals surface area (Å²) in [5.74, 6) is 0.260. The first-order valence-corrected chi connectivity index (χ1v) is 8.49. The molecule has 2 saturated heterocycles. The molecule has 2 amide bonds. The lowest BCUT2D eigenvalue weighted by Crippen LogP contribution is -2.50. The monoisotopic (exact) mass is 294 g/mol. The molecule has 2 aliphatic heterocycles. The van der Waals surface area contributed by atoms with Crippen LogP contribution in [0.2, 0.25) is 0 Å². The van der Waals surface area contributed by atoms with E-state index in [1.54, 1.807) is 0 Å². The van der Waals surface area contributed by atoms with Gasteiger partial charge < -0.3 is 4.90 Å². The van der Waals surface area contributed by atoms with E-state index in [-0.39, 0.29) is 17.7 Å². The Morgan fingerprint density at radius 1 is 1.05 bits per heavy atom. The maximum Gasteiger partial charge on any atom is 0.251 e. The molecule has 0 bridgehead atoms. The number of hydrogen-bond acceptors (Lipinski definition) is 3. The zero-order chi connectivity index (χ0) is 14.7. The number of hydrogen-bond donors (Lipinski definition) is 0. The van der Waals surface area contributed by atoms with Gasteiger partial charge in [-0.2, -0.15) is 0 Å². The summed E-state index contributed by atoms with van der Waals surface area (Å²) in [5, 5.41) is 1.52. The van der Waals surface area contributed by atoms with Crippen LogP contribution < -0.4 is 0 Å². The molecule has 0 aromatic carbocycles. The number of amides is 2. The van der Waals surface area contributed by atoms with Crippen LogP contribution in [0, 0.1) is 5.92 Å². The summed E-state index contributed by atoms with van der Waals surface area (Å²) in [6, 6.07) is 0.357. The minimum Gasteiger partial charge on any atom is -0.339 e. The Morgan fingerprint density at radius 2 is 1.81 bits per heavy atom. The Kier molecular flexibility index (Phi) is 4.78. The van der Waals surface area contributed by atoms with Gasteiger partial charge in [-0.1, -0.05) is 25.7 Å². The first kappa shape index (κ1) is 14.8. The van der Waals surface area contributed by atoms with Crippen molar-refractivity contribution in [1.82, 2.24) is 9.96 Å². The van der Waals surface area contributed by atoms with E-state index < -0.39 is 0 Å². The van der Waals surface area contributed by atoms with Crippen molar-refractivity contribution in [2.45, 2.75) is 63.8 Å². The van der Waals surface area contributed by atoms with Crippen LogP contribution in [0.5, 0.6) is 0 Å². The molecular formula is C16H26N2O3. The van der Waals surface area contributed by atoms with Crippen LogP contribution >= 0.6 is 0 Å². The molecule has 0 aromatic heterocycles. The van der Waals surface area contributed by atoms with Crippen molar-refractivity contribution in [2.24, 2.45) is 5.92 Å². The van der Waals surface area contributed by atoms with Crippen molar-refractivity contribution in [2.75, 3.05) is 19.7 Å². The van der Waals surface area contributed by atoms with Gasteiger partial charge in [-0.3, -0.25) is 14.4 Å². The van der Waals surface area contributed by atoms with E-state index in [0.717, 1.165) is 19.3 Å². The fraction of sp³-hybridized carbons (Fsp3) is 0.875. The first-order chi connectivity index (χ1) is 10.3. The second-order valence-electron chi connectivity index (χ2n) is 6.55. The van der Waals surface area contributed by atoms with E-state index >= 15 is 0 Å². The van der Waals surface area contributed by atoms with Gasteiger partial charge in [0.1, 0.15) is 0 Å². The Balaban J connectivity index is 1.63. The van der Waals surface area contributed by atoms with Crippen LogP contribution in [-0.4, -0.2) is 47.5 Å². The molecule has 3 aliphatic rings. The Morgan fingerprint density at radius 3 is 2.48 bits per heavy atom. The molecule has 3 fully saturated rings. The van der Waals surface area contributed by atoms with E-state index in [1.165, 1.54) is 30.7 Å². The molecule has 0 aromatic rings. The molecule has 0 N–H and O–H groups in total. The summed E-state index contributed by atoms with van der Waals surface area (Å²) < 4.78 is 0. The van der Waals surface area contributed by atoms with Crippen molar-refractivity contribution >= 4 is 11.8 Å². The van der Waals surface area contributed by atoms with E-state index in [9.17, 15) is 9.59 Å². The molecular weight excluding hydrogens is 268 g/mol. The van der Waals surface area contributed by atoms with Crippen LogP contribution in [0.3, 0.4) is 0 Å². The standard InChI is InChI=1S/C16H26N2O3/c19-15-9-8-13(16(20)18-10-5-11-21-18)12-17(15)14-6-3-1-2-4-7-14/h13-14H,1-12H2/t13-/m1/s1. The summed E-state index contributed by atoms with van der Waals surface area (Å²) in [5.41, 5.74) is 0. The van der Waals surface area contributed by atoms with Crippen molar-refractivity contribution in [1.29, 1.82) is 0 Å². The van der Waals surface area contributed by atoms with Crippen LogP contribution in [0.25, 0.3) is 0 Å². The molecule has 5 nitrogen and oxygen atoms in total. The minimum atomic E-state index is -0.0657. The lowest BCUT2D eigenvalue weighted by atomic mass is 9.93. The van der Waals surface area contributed by atoms with Crippen molar-refractivity contribution in [3.8, 4) is 0 Å². The van der Waals surface area contributed by atoms with Gasteiger partial charge in [0.25, 0.3) is 5.91 Å². The fourth-order valence-electron chi connectivity index (χ4n) is 3.82. The Bertz CT molecular complexity index is 385. The van der Waals surface area contributed by atoms with Crippen LogP contribution in [0.15, 0.2) is 0 Å². The molecule has 1 aliphatic carbocycles. The highest BCUT2D eigenvalue weighted by Crippen LogP contribution is 2.28. The molecule has 1 saturated carbocycles. The first-order valence-electron chi connectivity index (χ1n) is 8.49. The summed E-state index contributed by atoms with van der Waals surface area (Å²) in [4.78, 5) is 32.1. The third-order valence-electron chi connectivity index (χ3n) is 5.06. The average Bonchev–Trinajstić information content (AvgIpc) is 2.90. The highest BCUT2D eigenvalue weighted by Gasteiger charge is 2.36. The number of piperidine rings is 1. The van der Waals surface area contributed by atoms with Crippen LogP contribution in [0.4, 0.5) is 0 Å². The van der Waals surface area contributed by atoms with Crippen molar-refractivity contribution in [3.63, 3.8) is 0 Å². The molecule has 5 heteroatoms. The van der Waals surface area contributed by atoms with Gasteiger partial charge in [0, 0.05) is 19.0 Å². The Labute approximate surface area is 126 Å². The summed E-state index contributed by atoms with van der Waals surface area (Å²) in [7, 11) is 0. The lowest BCUT2D eigenvalue weighted by Gasteiger charge is -2.38. The van der Waals surface area contributed by atoms with Gasteiger partial charge in [-0.05, 0) is 25.7 Å².